The molecule has 2 heterocycles. The van der Waals surface area contributed by atoms with Gasteiger partial charge < -0.3 is 14.8 Å². The molecule has 0 aliphatic carbocycles. The van der Waals surface area contributed by atoms with E-state index in [4.69, 9.17) is 0 Å². The van der Waals surface area contributed by atoms with Crippen molar-refractivity contribution in [2.24, 2.45) is 0 Å². The molecule has 0 spiro atoms. The molecule has 6 nitrogen and oxygen atoms in total. The third kappa shape index (κ3) is 3.89. The van der Waals surface area contributed by atoms with Gasteiger partial charge in [-0.25, -0.2) is 4.79 Å². The van der Waals surface area contributed by atoms with Crippen molar-refractivity contribution in [3.8, 4) is 11.4 Å². The van der Waals surface area contributed by atoms with E-state index in [1.807, 2.05) is 48.5 Å². The number of anilines is 1. The van der Waals surface area contributed by atoms with E-state index >= 15 is 0 Å². The molecule has 1 aliphatic rings. The van der Waals surface area contributed by atoms with Crippen molar-refractivity contribution in [2.45, 2.75) is 19.5 Å². The fourth-order valence-corrected chi connectivity index (χ4v) is 3.82. The van der Waals surface area contributed by atoms with E-state index in [1.54, 1.807) is 16.7 Å². The molecule has 7 heteroatoms. The number of para-hydroxylation sites is 1. The molecule has 1 aromatic heterocycles. The van der Waals surface area contributed by atoms with Gasteiger partial charge in [-0.2, -0.15) is 11.8 Å². The first-order valence-electron chi connectivity index (χ1n) is 9.36. The standard InChI is InChI=1S/C21H23N5OS/c1-28-14-11-16-7-5-6-10-18(16)22-21(27)25-12-13-26-19(15-25)23-24-20(26)17-8-3-2-4-9-17/h2-10H,11-15H2,1H3,(H,22,27). The number of benzene rings is 2. The van der Waals surface area contributed by atoms with E-state index in [0.717, 1.165) is 40.6 Å². The predicted molar refractivity (Wildman–Crippen MR) is 113 cm³/mol. The van der Waals surface area contributed by atoms with Crippen molar-refractivity contribution in [3.05, 3.63) is 66.0 Å². The predicted octanol–water partition coefficient (Wildman–Crippen LogP) is 3.90. The number of hydrogen-bond donors (Lipinski definition) is 1. The maximum Gasteiger partial charge on any atom is 0.322 e. The lowest BCUT2D eigenvalue weighted by molar-refractivity contribution is 0.196. The van der Waals surface area contributed by atoms with E-state index < -0.39 is 0 Å². The third-order valence-corrected chi connectivity index (χ3v) is 5.52. The summed E-state index contributed by atoms with van der Waals surface area (Å²) in [5.41, 5.74) is 3.09. The van der Waals surface area contributed by atoms with Crippen LogP contribution in [0.5, 0.6) is 0 Å². The van der Waals surface area contributed by atoms with Crippen LogP contribution in [0.4, 0.5) is 10.5 Å². The third-order valence-electron chi connectivity index (χ3n) is 4.91. The molecule has 2 aromatic carbocycles. The normalized spacial score (nSPS) is 13.2. The zero-order valence-electron chi connectivity index (χ0n) is 15.8. The summed E-state index contributed by atoms with van der Waals surface area (Å²) in [4.78, 5) is 14.6. The number of carbonyl (C=O) groups excluding carboxylic acids is 1. The number of hydrogen-bond acceptors (Lipinski definition) is 4. The van der Waals surface area contributed by atoms with Gasteiger partial charge in [0.15, 0.2) is 11.6 Å². The Kier molecular flexibility index (Phi) is 5.62. The minimum Gasteiger partial charge on any atom is -0.315 e. The minimum atomic E-state index is -0.0906. The Hall–Kier alpha value is -2.80. The second-order valence-corrected chi connectivity index (χ2v) is 7.69. The number of fused-ring (bicyclic) bond motifs is 1. The molecule has 144 valence electrons. The lowest BCUT2D eigenvalue weighted by atomic mass is 10.1. The molecule has 1 aliphatic heterocycles. The van der Waals surface area contributed by atoms with Crippen LogP contribution in [-0.4, -0.2) is 44.2 Å². The van der Waals surface area contributed by atoms with Gasteiger partial charge in [-0.05, 0) is 30.1 Å². The fourth-order valence-electron chi connectivity index (χ4n) is 3.40. The van der Waals surface area contributed by atoms with Gasteiger partial charge >= 0.3 is 6.03 Å². The van der Waals surface area contributed by atoms with Crippen molar-refractivity contribution in [1.29, 1.82) is 0 Å². The van der Waals surface area contributed by atoms with Gasteiger partial charge in [0.25, 0.3) is 0 Å². The van der Waals surface area contributed by atoms with Gasteiger partial charge in [0, 0.05) is 24.3 Å². The highest BCUT2D eigenvalue weighted by atomic mass is 32.2. The first kappa shape index (κ1) is 18.6. The number of aryl methyl sites for hydroxylation is 1. The lowest BCUT2D eigenvalue weighted by Gasteiger charge is -2.28. The van der Waals surface area contributed by atoms with E-state index in [2.05, 4.69) is 32.4 Å². The van der Waals surface area contributed by atoms with Crippen LogP contribution < -0.4 is 5.32 Å². The number of nitrogens with zero attached hydrogens (tertiary/aromatic N) is 4. The molecule has 0 atom stereocenters. The van der Waals surface area contributed by atoms with Gasteiger partial charge in [0.1, 0.15) is 0 Å². The van der Waals surface area contributed by atoms with Gasteiger partial charge in [0.2, 0.25) is 0 Å². The van der Waals surface area contributed by atoms with Crippen LogP contribution in [0.2, 0.25) is 0 Å². The van der Waals surface area contributed by atoms with E-state index in [1.165, 1.54) is 0 Å². The molecule has 4 rings (SSSR count). The molecule has 0 saturated heterocycles. The fraction of sp³-hybridized carbons (Fsp3) is 0.286. The van der Waals surface area contributed by atoms with Gasteiger partial charge in [-0.1, -0.05) is 48.5 Å². The topological polar surface area (TPSA) is 63.1 Å². The molecule has 2 amide bonds. The maximum absolute atomic E-state index is 12.8. The number of urea groups is 1. The highest BCUT2D eigenvalue weighted by Gasteiger charge is 2.25. The maximum atomic E-state index is 12.8. The summed E-state index contributed by atoms with van der Waals surface area (Å²) >= 11 is 1.80. The summed E-state index contributed by atoms with van der Waals surface area (Å²) in [5.74, 6) is 2.70. The molecule has 1 N–H and O–H groups in total. The van der Waals surface area contributed by atoms with Crippen LogP contribution >= 0.6 is 11.8 Å². The summed E-state index contributed by atoms with van der Waals surface area (Å²) in [6.07, 6.45) is 3.03. The molecule has 0 saturated carbocycles. The van der Waals surface area contributed by atoms with Gasteiger partial charge in [-0.3, -0.25) is 0 Å². The van der Waals surface area contributed by atoms with Gasteiger partial charge in [0.05, 0.1) is 6.54 Å². The highest BCUT2D eigenvalue weighted by molar-refractivity contribution is 7.98. The average Bonchev–Trinajstić information content (AvgIpc) is 3.17. The SMILES string of the molecule is CSCCc1ccccc1NC(=O)N1CCn2c(nnc2-c2ccccc2)C1. The number of amides is 2. The van der Waals surface area contributed by atoms with Crippen LogP contribution in [0.25, 0.3) is 11.4 Å². The smallest absolute Gasteiger partial charge is 0.315 e. The summed E-state index contributed by atoms with van der Waals surface area (Å²) in [6, 6.07) is 18.0. The zero-order valence-corrected chi connectivity index (χ0v) is 16.7. The monoisotopic (exact) mass is 393 g/mol. The second kappa shape index (κ2) is 8.48. The summed E-state index contributed by atoms with van der Waals surface area (Å²) < 4.78 is 2.10. The molecule has 0 bridgehead atoms. The average molecular weight is 394 g/mol. The first-order valence-corrected chi connectivity index (χ1v) is 10.8. The molecule has 0 fully saturated rings. The zero-order chi connectivity index (χ0) is 19.3. The molecule has 3 aromatic rings. The highest BCUT2D eigenvalue weighted by Crippen LogP contribution is 2.23. The van der Waals surface area contributed by atoms with Crippen LogP contribution in [0.15, 0.2) is 54.6 Å². The molecule has 0 unspecified atom stereocenters. The van der Waals surface area contributed by atoms with Gasteiger partial charge in [-0.15, -0.1) is 10.2 Å². The molecule has 0 radical (unpaired) electrons. The Morgan fingerprint density at radius 2 is 1.86 bits per heavy atom. The Labute approximate surface area is 169 Å². The Balaban J connectivity index is 1.47. The van der Waals surface area contributed by atoms with Crippen molar-refractivity contribution in [3.63, 3.8) is 0 Å². The Bertz CT molecular complexity index is 956. The second-order valence-electron chi connectivity index (χ2n) is 6.71. The molecular formula is C21H23N5OS. The van der Waals surface area contributed by atoms with Crippen molar-refractivity contribution >= 4 is 23.5 Å². The summed E-state index contributed by atoms with van der Waals surface area (Å²) in [5, 5.41) is 11.7. The number of carbonyl (C=O) groups is 1. The van der Waals surface area contributed by atoms with E-state index in [-0.39, 0.29) is 6.03 Å². The molecule has 28 heavy (non-hydrogen) atoms. The lowest BCUT2D eigenvalue weighted by Crippen LogP contribution is -2.41. The number of thioether (sulfide) groups is 1. The summed E-state index contributed by atoms with van der Waals surface area (Å²) in [7, 11) is 0. The number of nitrogens with one attached hydrogen (secondary N) is 1. The van der Waals surface area contributed by atoms with E-state index in [9.17, 15) is 4.79 Å². The van der Waals surface area contributed by atoms with Crippen molar-refractivity contribution in [1.82, 2.24) is 19.7 Å². The quantitative estimate of drug-likeness (QED) is 0.714. The van der Waals surface area contributed by atoms with Crippen molar-refractivity contribution in [2.75, 3.05) is 23.9 Å². The van der Waals surface area contributed by atoms with E-state index in [0.29, 0.717) is 19.6 Å². The summed E-state index contributed by atoms with van der Waals surface area (Å²) in [6.45, 7) is 1.77. The molecular weight excluding hydrogens is 370 g/mol. The number of rotatable bonds is 5. The van der Waals surface area contributed by atoms with Crippen LogP contribution in [0.1, 0.15) is 11.4 Å². The largest absolute Gasteiger partial charge is 0.322 e. The minimum absolute atomic E-state index is 0.0906. The van der Waals surface area contributed by atoms with Crippen LogP contribution in [0.3, 0.4) is 0 Å². The number of aromatic nitrogens is 3. The first-order chi connectivity index (χ1) is 13.8. The van der Waals surface area contributed by atoms with Crippen molar-refractivity contribution < 1.29 is 4.79 Å². The van der Waals surface area contributed by atoms with Crippen LogP contribution in [0, 0.1) is 0 Å². The Morgan fingerprint density at radius 3 is 2.68 bits per heavy atom. The Morgan fingerprint density at radius 1 is 1.07 bits per heavy atom. The van der Waals surface area contributed by atoms with Crippen LogP contribution in [-0.2, 0) is 19.5 Å².